The lowest BCUT2D eigenvalue weighted by Gasteiger charge is -2.08. The van der Waals surface area contributed by atoms with Crippen molar-refractivity contribution in [2.24, 2.45) is 0 Å². The van der Waals surface area contributed by atoms with Crippen molar-refractivity contribution < 1.29 is 4.42 Å². The summed E-state index contributed by atoms with van der Waals surface area (Å²) in [6.45, 7) is 0. The maximum atomic E-state index is 6.18. The van der Waals surface area contributed by atoms with Crippen LogP contribution >= 0.6 is 0 Å². The molecule has 7 aromatic rings. The predicted octanol–water partition coefficient (Wildman–Crippen LogP) is 8.35. The molecule has 0 spiro atoms. The molecule has 0 aliphatic carbocycles. The normalized spacial score (nSPS) is 11.8. The van der Waals surface area contributed by atoms with E-state index in [1.54, 1.807) is 0 Å². The van der Waals surface area contributed by atoms with Crippen LogP contribution in [0.25, 0.3) is 60.6 Å². The Labute approximate surface area is 184 Å². The molecular weight excluding hydrogens is 390 g/mol. The minimum absolute atomic E-state index is 0.924. The summed E-state index contributed by atoms with van der Waals surface area (Å²) in [6, 6.07) is 40.6. The number of aromatic nitrogens is 1. The fraction of sp³-hybridized carbons (Fsp3) is 0. The summed E-state index contributed by atoms with van der Waals surface area (Å²) < 4.78 is 8.54. The third-order valence-corrected chi connectivity index (χ3v) is 6.40. The molecule has 150 valence electrons. The van der Waals surface area contributed by atoms with Crippen LogP contribution in [0.5, 0.6) is 0 Å². The van der Waals surface area contributed by atoms with Gasteiger partial charge in [0.05, 0.1) is 11.0 Å². The average molecular weight is 409 g/mol. The summed E-state index contributed by atoms with van der Waals surface area (Å²) in [5.74, 6) is 0. The molecule has 0 unspecified atom stereocenters. The SMILES string of the molecule is c1ccc(-n2c3ccccc3c3c(-c4ccc5c(c4)oc4ccccc45)cccc32)cc1. The van der Waals surface area contributed by atoms with Crippen molar-refractivity contribution in [1.82, 2.24) is 4.57 Å². The Morgan fingerprint density at radius 1 is 0.500 bits per heavy atom. The molecule has 2 aromatic heterocycles. The van der Waals surface area contributed by atoms with E-state index in [4.69, 9.17) is 4.42 Å². The monoisotopic (exact) mass is 409 g/mol. The lowest BCUT2D eigenvalue weighted by Crippen LogP contribution is -1.92. The van der Waals surface area contributed by atoms with E-state index in [1.165, 1.54) is 33.1 Å². The van der Waals surface area contributed by atoms with E-state index in [2.05, 4.69) is 108 Å². The second-order valence-electron chi connectivity index (χ2n) is 8.20. The molecule has 0 saturated carbocycles. The van der Waals surface area contributed by atoms with Gasteiger partial charge in [-0.2, -0.15) is 0 Å². The maximum absolute atomic E-state index is 6.18. The Hall–Kier alpha value is -4.30. The maximum Gasteiger partial charge on any atom is 0.136 e. The van der Waals surface area contributed by atoms with Crippen LogP contribution in [-0.2, 0) is 0 Å². The van der Waals surface area contributed by atoms with Gasteiger partial charge in [-0.05, 0) is 53.6 Å². The van der Waals surface area contributed by atoms with Gasteiger partial charge < -0.3 is 8.98 Å². The predicted molar refractivity (Wildman–Crippen MR) is 133 cm³/mol. The van der Waals surface area contributed by atoms with Gasteiger partial charge in [0.15, 0.2) is 0 Å². The molecule has 0 N–H and O–H groups in total. The second-order valence-corrected chi connectivity index (χ2v) is 8.20. The minimum Gasteiger partial charge on any atom is -0.456 e. The molecule has 0 aliphatic rings. The van der Waals surface area contributed by atoms with Crippen molar-refractivity contribution in [3.63, 3.8) is 0 Å². The summed E-state index contributed by atoms with van der Waals surface area (Å²) >= 11 is 0. The molecule has 0 bridgehead atoms. The molecule has 0 atom stereocenters. The van der Waals surface area contributed by atoms with Gasteiger partial charge in [0.25, 0.3) is 0 Å². The molecule has 2 nitrogen and oxygen atoms in total. The molecule has 2 heterocycles. The highest BCUT2D eigenvalue weighted by Gasteiger charge is 2.16. The van der Waals surface area contributed by atoms with Gasteiger partial charge in [-0.25, -0.2) is 0 Å². The van der Waals surface area contributed by atoms with Crippen LogP contribution in [-0.4, -0.2) is 4.57 Å². The van der Waals surface area contributed by atoms with Gasteiger partial charge in [0.2, 0.25) is 0 Å². The number of rotatable bonds is 2. The van der Waals surface area contributed by atoms with Crippen molar-refractivity contribution in [2.75, 3.05) is 0 Å². The molecule has 7 rings (SSSR count). The van der Waals surface area contributed by atoms with Gasteiger partial charge in [0.1, 0.15) is 11.2 Å². The molecule has 0 aliphatic heterocycles. The van der Waals surface area contributed by atoms with E-state index in [0.29, 0.717) is 0 Å². The standard InChI is InChI=1S/C30H19NO/c1-2-9-21(10-3-1)31-26-14-6-4-12-25(26)30-22(13-8-15-27(30)31)20-17-18-24-23-11-5-7-16-28(23)32-29(24)19-20/h1-19H. The smallest absolute Gasteiger partial charge is 0.136 e. The molecule has 0 radical (unpaired) electrons. The Bertz CT molecular complexity index is 1770. The Kier molecular flexibility index (Phi) is 3.58. The lowest BCUT2D eigenvalue weighted by molar-refractivity contribution is 0.669. The van der Waals surface area contributed by atoms with Crippen molar-refractivity contribution in [2.45, 2.75) is 0 Å². The molecular formula is C30H19NO. The first-order valence-corrected chi connectivity index (χ1v) is 10.9. The molecule has 0 fully saturated rings. The minimum atomic E-state index is 0.924. The number of hydrogen-bond acceptors (Lipinski definition) is 1. The topological polar surface area (TPSA) is 18.1 Å². The summed E-state index contributed by atoms with van der Waals surface area (Å²) in [4.78, 5) is 0. The van der Waals surface area contributed by atoms with E-state index in [0.717, 1.165) is 27.5 Å². The van der Waals surface area contributed by atoms with E-state index < -0.39 is 0 Å². The van der Waals surface area contributed by atoms with Crippen molar-refractivity contribution in [1.29, 1.82) is 0 Å². The summed E-state index contributed by atoms with van der Waals surface area (Å²) in [6.07, 6.45) is 0. The van der Waals surface area contributed by atoms with Crippen LogP contribution < -0.4 is 0 Å². The third kappa shape index (κ3) is 2.41. The largest absolute Gasteiger partial charge is 0.456 e. The lowest BCUT2D eigenvalue weighted by atomic mass is 9.98. The summed E-state index contributed by atoms with van der Waals surface area (Å²) in [5, 5.41) is 4.84. The van der Waals surface area contributed by atoms with Gasteiger partial charge >= 0.3 is 0 Å². The number of benzene rings is 5. The van der Waals surface area contributed by atoms with Gasteiger partial charge in [-0.1, -0.05) is 72.8 Å². The highest BCUT2D eigenvalue weighted by molar-refractivity contribution is 6.16. The molecule has 32 heavy (non-hydrogen) atoms. The first-order valence-electron chi connectivity index (χ1n) is 10.9. The Morgan fingerprint density at radius 3 is 2.12 bits per heavy atom. The Balaban J connectivity index is 1.56. The third-order valence-electron chi connectivity index (χ3n) is 6.40. The number of para-hydroxylation sites is 3. The van der Waals surface area contributed by atoms with Gasteiger partial charge in [0, 0.05) is 27.2 Å². The fourth-order valence-electron chi connectivity index (χ4n) is 5.01. The van der Waals surface area contributed by atoms with Gasteiger partial charge in [-0.3, -0.25) is 0 Å². The van der Waals surface area contributed by atoms with E-state index in [1.807, 2.05) is 12.1 Å². The van der Waals surface area contributed by atoms with Crippen molar-refractivity contribution in [3.05, 3.63) is 115 Å². The molecule has 0 saturated heterocycles. The summed E-state index contributed by atoms with van der Waals surface area (Å²) in [7, 11) is 0. The van der Waals surface area contributed by atoms with E-state index in [9.17, 15) is 0 Å². The van der Waals surface area contributed by atoms with E-state index >= 15 is 0 Å². The van der Waals surface area contributed by atoms with Gasteiger partial charge in [-0.15, -0.1) is 0 Å². The number of fused-ring (bicyclic) bond motifs is 6. The van der Waals surface area contributed by atoms with Crippen LogP contribution in [0.3, 0.4) is 0 Å². The quantitative estimate of drug-likeness (QED) is 0.280. The highest BCUT2D eigenvalue weighted by Crippen LogP contribution is 2.40. The number of furan rings is 1. The highest BCUT2D eigenvalue weighted by atomic mass is 16.3. The zero-order valence-electron chi connectivity index (χ0n) is 17.3. The van der Waals surface area contributed by atoms with Crippen molar-refractivity contribution >= 4 is 43.7 Å². The molecule has 0 amide bonds. The zero-order chi connectivity index (χ0) is 21.1. The van der Waals surface area contributed by atoms with Crippen LogP contribution in [0.4, 0.5) is 0 Å². The number of hydrogen-bond donors (Lipinski definition) is 0. The number of nitrogens with zero attached hydrogens (tertiary/aromatic N) is 1. The Morgan fingerprint density at radius 2 is 1.22 bits per heavy atom. The molecule has 2 heteroatoms. The average Bonchev–Trinajstić information content (AvgIpc) is 3.40. The van der Waals surface area contributed by atoms with Crippen LogP contribution in [0, 0.1) is 0 Å². The van der Waals surface area contributed by atoms with E-state index in [-0.39, 0.29) is 0 Å². The fourth-order valence-corrected chi connectivity index (χ4v) is 5.01. The van der Waals surface area contributed by atoms with Crippen LogP contribution in [0.1, 0.15) is 0 Å². The summed E-state index contributed by atoms with van der Waals surface area (Å²) in [5.41, 5.74) is 7.83. The van der Waals surface area contributed by atoms with Crippen LogP contribution in [0.2, 0.25) is 0 Å². The zero-order valence-corrected chi connectivity index (χ0v) is 17.3. The van der Waals surface area contributed by atoms with Crippen LogP contribution in [0.15, 0.2) is 120 Å². The second kappa shape index (κ2) is 6.60. The molecule has 5 aromatic carbocycles. The van der Waals surface area contributed by atoms with Crippen molar-refractivity contribution in [3.8, 4) is 16.8 Å². The first kappa shape index (κ1) is 17.4. The first-order chi connectivity index (χ1) is 15.9.